The molecule has 0 fully saturated rings. The van der Waals surface area contributed by atoms with Crippen LogP contribution in [0.2, 0.25) is 5.02 Å². The largest absolute Gasteiger partial charge is 0.478 e. The Morgan fingerprint density at radius 3 is 2.57 bits per heavy atom. The molecule has 0 saturated heterocycles. The van der Waals surface area contributed by atoms with Crippen LogP contribution in [0.4, 0.5) is 0 Å². The van der Waals surface area contributed by atoms with Gasteiger partial charge in [0.1, 0.15) is 5.69 Å². The molecule has 0 amide bonds. The van der Waals surface area contributed by atoms with E-state index in [1.807, 2.05) is 0 Å². The van der Waals surface area contributed by atoms with Gasteiger partial charge in [0, 0.05) is 41.5 Å². The monoisotopic (exact) mass is 414 g/mol. The van der Waals surface area contributed by atoms with Crippen molar-refractivity contribution in [3.63, 3.8) is 0 Å². The Labute approximate surface area is 169 Å². The second-order valence-electron chi connectivity index (χ2n) is 6.01. The summed E-state index contributed by atoms with van der Waals surface area (Å²) in [6.45, 7) is 1.78. The van der Waals surface area contributed by atoms with Crippen LogP contribution < -0.4 is 5.56 Å². The first kappa shape index (κ1) is 19.7. The summed E-state index contributed by atoms with van der Waals surface area (Å²) >= 11 is 7.20. The molecule has 0 bridgehead atoms. The van der Waals surface area contributed by atoms with Gasteiger partial charge in [-0.3, -0.25) is 9.59 Å². The average Bonchev–Trinajstić information content (AvgIpc) is 3.03. The number of carboxylic acids is 1. The minimum Gasteiger partial charge on any atom is -0.478 e. The molecule has 1 aromatic carbocycles. The summed E-state index contributed by atoms with van der Waals surface area (Å²) in [5, 5.41) is 10.1. The van der Waals surface area contributed by atoms with Gasteiger partial charge in [0.15, 0.2) is 0 Å². The molecule has 0 aliphatic carbocycles. The molecule has 0 aliphatic heterocycles. The molecule has 0 aliphatic rings. The minimum absolute atomic E-state index is 0.244. The van der Waals surface area contributed by atoms with E-state index in [-0.39, 0.29) is 17.0 Å². The van der Waals surface area contributed by atoms with Crippen LogP contribution in [0.15, 0.2) is 47.4 Å². The van der Waals surface area contributed by atoms with Gasteiger partial charge in [-0.1, -0.05) is 11.6 Å². The van der Waals surface area contributed by atoms with Crippen molar-refractivity contribution in [3.8, 4) is 10.4 Å². The van der Waals surface area contributed by atoms with Crippen molar-refractivity contribution in [3.05, 3.63) is 79.8 Å². The first-order valence-electron chi connectivity index (χ1n) is 8.16. The predicted molar refractivity (Wildman–Crippen MR) is 109 cm³/mol. The van der Waals surface area contributed by atoms with Crippen LogP contribution >= 0.6 is 22.9 Å². The van der Waals surface area contributed by atoms with Gasteiger partial charge in [-0.2, -0.15) is 0 Å². The van der Waals surface area contributed by atoms with Gasteiger partial charge < -0.3 is 9.67 Å². The third-order valence-electron chi connectivity index (χ3n) is 3.97. The molecule has 142 valence electrons. The number of pyridine rings is 1. The van der Waals surface area contributed by atoms with Crippen LogP contribution in [0.5, 0.6) is 0 Å². The number of aliphatic carboxylic acids is 1. The summed E-state index contributed by atoms with van der Waals surface area (Å²) in [6, 6.07) is 7.83. The number of rotatable bonds is 5. The van der Waals surface area contributed by atoms with E-state index in [0.29, 0.717) is 31.6 Å². The fraction of sp³-hybridized carbons (Fsp3) is 0.100. The molecule has 28 heavy (non-hydrogen) atoms. The summed E-state index contributed by atoms with van der Waals surface area (Å²) in [5.74, 6) is -1.41. The van der Waals surface area contributed by atoms with Gasteiger partial charge in [0.05, 0.1) is 9.88 Å². The molecule has 0 saturated carbocycles. The number of thiazole rings is 1. The highest BCUT2D eigenvalue weighted by Gasteiger charge is 2.22. The number of hydrogen-bond acceptors (Lipinski definition) is 5. The van der Waals surface area contributed by atoms with Crippen molar-refractivity contribution in [2.75, 3.05) is 0 Å². The van der Waals surface area contributed by atoms with Crippen LogP contribution in [0, 0.1) is 6.92 Å². The topological polar surface area (TPSA) is 89.3 Å². The Morgan fingerprint density at radius 1 is 1.25 bits per heavy atom. The molecule has 0 radical (unpaired) electrons. The van der Waals surface area contributed by atoms with E-state index < -0.39 is 5.97 Å². The molecule has 0 atom stereocenters. The number of nitrogens with zero attached hydrogens (tertiary/aromatic N) is 2. The highest BCUT2D eigenvalue weighted by molar-refractivity contribution is 7.15. The van der Waals surface area contributed by atoms with Crippen LogP contribution in [-0.4, -0.2) is 26.4 Å². The lowest BCUT2D eigenvalue weighted by atomic mass is 10.0. The predicted octanol–water partition coefficient (Wildman–Crippen LogP) is 3.80. The molecule has 0 unspecified atom stereocenters. The van der Waals surface area contributed by atoms with Gasteiger partial charge in [0.2, 0.25) is 5.78 Å². The van der Waals surface area contributed by atoms with Crippen molar-refractivity contribution >= 4 is 40.8 Å². The van der Waals surface area contributed by atoms with E-state index in [1.165, 1.54) is 28.0 Å². The lowest BCUT2D eigenvalue weighted by Crippen LogP contribution is -2.16. The highest BCUT2D eigenvalue weighted by atomic mass is 35.5. The quantitative estimate of drug-likeness (QED) is 0.506. The van der Waals surface area contributed by atoms with Crippen molar-refractivity contribution in [2.45, 2.75) is 6.92 Å². The summed E-state index contributed by atoms with van der Waals surface area (Å²) < 4.78 is 1.37. The standard InChI is InChI=1S/C20H15ClN2O4S/c1-11-22-18(19(27)12-3-6-14(21)7-4-12)20(28-11)15-10-23(2)16(24)9-13(15)5-8-17(25)26/h3-10H,1-2H3,(H,25,26)/b8-5+. The lowest BCUT2D eigenvalue weighted by Gasteiger charge is -2.08. The second-order valence-corrected chi connectivity index (χ2v) is 7.65. The molecule has 0 spiro atoms. The maximum absolute atomic E-state index is 13.0. The van der Waals surface area contributed by atoms with Crippen molar-refractivity contribution in [1.29, 1.82) is 0 Å². The van der Waals surface area contributed by atoms with Crippen molar-refractivity contribution < 1.29 is 14.7 Å². The molecule has 6 nitrogen and oxygen atoms in total. The zero-order valence-corrected chi connectivity index (χ0v) is 16.5. The average molecular weight is 415 g/mol. The molecular weight excluding hydrogens is 400 g/mol. The van der Waals surface area contributed by atoms with Crippen LogP contribution in [-0.2, 0) is 11.8 Å². The van der Waals surface area contributed by atoms with Crippen LogP contribution in [0.1, 0.15) is 26.6 Å². The van der Waals surface area contributed by atoms with Crippen molar-refractivity contribution in [1.82, 2.24) is 9.55 Å². The Kier molecular flexibility index (Phi) is 5.58. The van der Waals surface area contributed by atoms with Crippen LogP contribution in [0.3, 0.4) is 0 Å². The smallest absolute Gasteiger partial charge is 0.328 e. The Bertz CT molecular complexity index is 1160. The first-order chi connectivity index (χ1) is 13.3. The fourth-order valence-corrected chi connectivity index (χ4v) is 3.71. The van der Waals surface area contributed by atoms with E-state index in [1.54, 1.807) is 44.4 Å². The Morgan fingerprint density at radius 2 is 1.93 bits per heavy atom. The normalized spacial score (nSPS) is 11.1. The fourth-order valence-electron chi connectivity index (χ4n) is 2.63. The van der Waals surface area contributed by atoms with Crippen LogP contribution in [0.25, 0.3) is 16.5 Å². The maximum atomic E-state index is 13.0. The summed E-state index contributed by atoms with van der Waals surface area (Å²) in [5.41, 5.74) is 1.35. The molecule has 3 aromatic rings. The number of aryl methyl sites for hydroxylation is 2. The van der Waals surface area contributed by atoms with E-state index in [4.69, 9.17) is 16.7 Å². The number of benzene rings is 1. The molecule has 2 heterocycles. The first-order valence-corrected chi connectivity index (χ1v) is 9.35. The zero-order valence-electron chi connectivity index (χ0n) is 15.0. The molecular formula is C20H15ClN2O4S. The third-order valence-corrected chi connectivity index (χ3v) is 5.22. The number of ketones is 1. The van der Waals surface area contributed by atoms with Gasteiger partial charge in [0.25, 0.3) is 5.56 Å². The van der Waals surface area contributed by atoms with E-state index in [2.05, 4.69) is 4.98 Å². The summed E-state index contributed by atoms with van der Waals surface area (Å²) in [7, 11) is 1.59. The highest BCUT2D eigenvalue weighted by Crippen LogP contribution is 2.34. The van der Waals surface area contributed by atoms with Gasteiger partial charge >= 0.3 is 5.97 Å². The number of carboxylic acid groups (broad SMARTS) is 1. The number of hydrogen-bond donors (Lipinski definition) is 1. The third kappa shape index (κ3) is 4.11. The van der Waals surface area contributed by atoms with E-state index in [9.17, 15) is 14.4 Å². The number of carbonyl (C=O) groups is 2. The maximum Gasteiger partial charge on any atom is 0.328 e. The minimum atomic E-state index is -1.13. The van der Waals surface area contributed by atoms with Crippen molar-refractivity contribution in [2.24, 2.45) is 7.05 Å². The van der Waals surface area contributed by atoms with Gasteiger partial charge in [-0.05, 0) is 42.8 Å². The molecule has 8 heteroatoms. The van der Waals surface area contributed by atoms with Gasteiger partial charge in [-0.15, -0.1) is 11.3 Å². The number of halogens is 1. The second kappa shape index (κ2) is 7.92. The molecule has 3 rings (SSSR count). The molecule has 1 N–H and O–H groups in total. The summed E-state index contributed by atoms with van der Waals surface area (Å²) in [6.07, 6.45) is 3.87. The Hall–Kier alpha value is -3.03. The van der Waals surface area contributed by atoms with E-state index in [0.717, 1.165) is 6.08 Å². The zero-order chi connectivity index (χ0) is 20.4. The molecule has 2 aromatic heterocycles. The SMILES string of the molecule is Cc1nc(C(=O)c2ccc(Cl)cc2)c(-c2cn(C)c(=O)cc2/C=C/C(=O)O)s1. The number of aromatic nitrogens is 2. The van der Waals surface area contributed by atoms with E-state index >= 15 is 0 Å². The lowest BCUT2D eigenvalue weighted by molar-refractivity contribution is -0.131. The number of carbonyl (C=O) groups excluding carboxylic acids is 1. The van der Waals surface area contributed by atoms with Gasteiger partial charge in [-0.25, -0.2) is 9.78 Å². The summed E-state index contributed by atoms with van der Waals surface area (Å²) in [4.78, 5) is 40.9. The Balaban J connectivity index is 2.19.